The van der Waals surface area contributed by atoms with E-state index in [9.17, 15) is 0 Å². The third-order valence-corrected chi connectivity index (χ3v) is 3.10. The van der Waals surface area contributed by atoms with E-state index in [-0.39, 0.29) is 0 Å². The van der Waals surface area contributed by atoms with Crippen molar-refractivity contribution in [2.75, 3.05) is 0 Å². The minimum atomic E-state index is -1.07. The van der Waals surface area contributed by atoms with Crippen molar-refractivity contribution in [3.63, 3.8) is 0 Å². The fraction of sp³-hybridized carbons (Fsp3) is 0. The van der Waals surface area contributed by atoms with Gasteiger partial charge in [-0.05, 0) is 0 Å². The first kappa shape index (κ1) is 11.0. The van der Waals surface area contributed by atoms with Crippen LogP contribution in [0.3, 0.4) is 0 Å². The molecule has 0 aromatic rings. The van der Waals surface area contributed by atoms with Gasteiger partial charge in [0.1, 0.15) is 0 Å². The standard InChI is InChI=1S/B9P/c1-7(2)10(8(3)4)9(5)6. The van der Waals surface area contributed by atoms with Crippen molar-refractivity contribution in [1.82, 2.24) is 0 Å². The lowest BCUT2D eigenvalue weighted by Crippen LogP contribution is -2.34. The Hall–Kier alpha value is 1.01. The molecule has 0 atom stereocenters. The van der Waals surface area contributed by atoms with Crippen LogP contribution >= 0.6 is 7.56 Å². The molecule has 0 N–H and O–H groups in total. The molecule has 0 aromatic carbocycles. The smallest absolute Gasteiger partial charge is 0.0529 e. The summed E-state index contributed by atoms with van der Waals surface area (Å²) in [6.45, 7) is 0. The monoisotopic (exact) mass is 130 g/mol. The third kappa shape index (κ3) is 3.42. The summed E-state index contributed by atoms with van der Waals surface area (Å²) in [6, 6.07) is 0. The minimum absolute atomic E-state index is 0.602. The van der Waals surface area contributed by atoms with Crippen molar-refractivity contribution in [2.24, 2.45) is 0 Å². The zero-order valence-corrected chi connectivity index (χ0v) is 6.54. The van der Waals surface area contributed by atoms with E-state index < -0.39 is 26.2 Å². The Kier molecular flexibility index (Phi) is 5.29. The summed E-state index contributed by atoms with van der Waals surface area (Å²) in [5.74, 6) is 0. The van der Waals surface area contributed by atoms with Crippen LogP contribution in [-0.2, 0) is 0 Å². The molecule has 0 aliphatic rings. The Morgan fingerprint density at radius 1 is 0.600 bits per heavy atom. The van der Waals surface area contributed by atoms with E-state index in [1.807, 2.05) is 0 Å². The SMILES string of the molecule is [B]B([B])P(B([B])[B])B([B])[B]. The Morgan fingerprint density at radius 3 is 0.800 bits per heavy atom. The van der Waals surface area contributed by atoms with Crippen LogP contribution in [0.1, 0.15) is 0 Å². The molecule has 0 nitrogen and oxygen atoms in total. The normalized spacial score (nSPS) is 9.30. The first-order valence-corrected chi connectivity index (χ1v) is 4.32. The molecule has 10 heavy (non-hydrogen) atoms. The summed E-state index contributed by atoms with van der Waals surface area (Å²) < 4.78 is 0. The Morgan fingerprint density at radius 2 is 0.800 bits per heavy atom. The molecule has 0 rings (SSSR count). The van der Waals surface area contributed by atoms with E-state index in [0.29, 0.717) is 0 Å². The van der Waals surface area contributed by atoms with Gasteiger partial charge in [-0.2, -0.15) is 0 Å². The van der Waals surface area contributed by atoms with Crippen molar-refractivity contribution in [1.29, 1.82) is 0 Å². The van der Waals surface area contributed by atoms with Crippen LogP contribution in [0.5, 0.6) is 0 Å². The van der Waals surface area contributed by atoms with Crippen LogP contribution in [-0.4, -0.2) is 65.1 Å². The predicted octanol–water partition coefficient (Wildman–Crippen LogP) is -2.57. The minimum Gasteiger partial charge on any atom is -0.253 e. The van der Waals surface area contributed by atoms with Crippen LogP contribution in [0.15, 0.2) is 0 Å². The summed E-state index contributed by atoms with van der Waals surface area (Å²) in [4.78, 5) is 0. The fourth-order valence-corrected chi connectivity index (χ4v) is 1.79. The van der Waals surface area contributed by atoms with E-state index in [0.717, 1.165) is 0 Å². The van der Waals surface area contributed by atoms with Crippen molar-refractivity contribution in [2.45, 2.75) is 0 Å². The zero-order chi connectivity index (χ0) is 8.31. The maximum absolute atomic E-state index is 5.33. The zero-order valence-electron chi connectivity index (χ0n) is 5.64. The molecule has 0 saturated carbocycles. The summed E-state index contributed by atoms with van der Waals surface area (Å²) in [6.07, 6.45) is -1.81. The molecule has 32 valence electrons. The molecule has 0 spiro atoms. The van der Waals surface area contributed by atoms with Crippen LogP contribution in [0.2, 0.25) is 0 Å². The summed E-state index contributed by atoms with van der Waals surface area (Å²) in [7, 11) is 30.9. The first-order valence-electron chi connectivity index (χ1n) is 2.77. The van der Waals surface area contributed by atoms with Gasteiger partial charge in [-0.15, -0.1) is 0 Å². The quantitative estimate of drug-likeness (QED) is 0.290. The highest BCUT2D eigenvalue weighted by Crippen LogP contribution is 2.36. The predicted molar refractivity (Wildman–Crippen MR) is 58.7 cm³/mol. The van der Waals surface area contributed by atoms with Gasteiger partial charge in [0, 0.05) is 46.4 Å². The maximum Gasteiger partial charge on any atom is 0.0529 e. The van der Waals surface area contributed by atoms with Crippen LogP contribution in [0.4, 0.5) is 0 Å². The first-order chi connectivity index (χ1) is 4.46. The molecule has 12 radical (unpaired) electrons. The second-order valence-corrected chi connectivity index (χ2v) is 4.60. The van der Waals surface area contributed by atoms with Gasteiger partial charge in [-0.25, -0.2) is 0 Å². The largest absolute Gasteiger partial charge is 0.253 e. The number of hydrogen-bond donors (Lipinski definition) is 0. The molecule has 10 heteroatoms. The van der Waals surface area contributed by atoms with Crippen LogP contribution in [0, 0.1) is 0 Å². The summed E-state index contributed by atoms with van der Waals surface area (Å²) in [5, 5.41) is 0. The second-order valence-electron chi connectivity index (χ2n) is 1.92. The molecule has 0 unspecified atom stereocenters. The lowest BCUT2D eigenvalue weighted by molar-refractivity contribution is 3.78. The average molecular weight is 128 g/mol. The van der Waals surface area contributed by atoms with Gasteiger partial charge >= 0.3 is 0 Å². The highest BCUT2D eigenvalue weighted by Gasteiger charge is 2.20. The van der Waals surface area contributed by atoms with Crippen molar-refractivity contribution < 1.29 is 0 Å². The highest BCUT2D eigenvalue weighted by atomic mass is 31.1. The Balaban J connectivity index is 3.98. The molecular weight excluding hydrogens is 128 g/mol. The molecule has 0 saturated heterocycles. The lowest BCUT2D eigenvalue weighted by atomic mass is 9.33. The molecule has 0 heterocycles. The van der Waals surface area contributed by atoms with Crippen molar-refractivity contribution >= 4 is 72.6 Å². The molecule has 0 aliphatic carbocycles. The Labute approximate surface area is 73.0 Å². The summed E-state index contributed by atoms with van der Waals surface area (Å²) >= 11 is 0. The summed E-state index contributed by atoms with van der Waals surface area (Å²) in [5.41, 5.74) is 0. The van der Waals surface area contributed by atoms with Crippen molar-refractivity contribution in [3.8, 4) is 0 Å². The molecule has 0 amide bonds. The van der Waals surface area contributed by atoms with E-state index in [1.165, 1.54) is 0 Å². The van der Waals surface area contributed by atoms with Gasteiger partial charge in [0.05, 0.1) is 18.6 Å². The van der Waals surface area contributed by atoms with Gasteiger partial charge in [0.25, 0.3) is 0 Å². The maximum atomic E-state index is 5.33. The fourth-order valence-electron chi connectivity index (χ4n) is 0.596. The van der Waals surface area contributed by atoms with E-state index >= 15 is 0 Å². The lowest BCUT2D eigenvalue weighted by Gasteiger charge is -2.29. The van der Waals surface area contributed by atoms with Gasteiger partial charge < -0.3 is 0 Å². The Bertz CT molecular complexity index is 65.7. The third-order valence-electron chi connectivity index (χ3n) is 1.03. The van der Waals surface area contributed by atoms with E-state index in [1.54, 1.807) is 0 Å². The highest BCUT2D eigenvalue weighted by molar-refractivity contribution is 8.46. The average Bonchev–Trinajstić information content (AvgIpc) is 1.59. The topological polar surface area (TPSA) is 0 Å². The van der Waals surface area contributed by atoms with Crippen molar-refractivity contribution in [3.05, 3.63) is 0 Å². The molecule has 0 bridgehead atoms. The molecular formula is B9P. The van der Waals surface area contributed by atoms with Gasteiger partial charge in [0.2, 0.25) is 0 Å². The molecule has 0 aliphatic heterocycles. The van der Waals surface area contributed by atoms with Gasteiger partial charge in [0.15, 0.2) is 0 Å². The molecule has 0 fully saturated rings. The van der Waals surface area contributed by atoms with Gasteiger partial charge in [-0.1, -0.05) is 0 Å². The number of rotatable bonds is 3. The van der Waals surface area contributed by atoms with E-state index in [2.05, 4.69) is 0 Å². The van der Waals surface area contributed by atoms with Crippen LogP contribution < -0.4 is 0 Å². The second kappa shape index (κ2) is 4.80. The molecule has 0 aromatic heterocycles. The van der Waals surface area contributed by atoms with Gasteiger partial charge in [-0.3, -0.25) is 7.56 Å². The van der Waals surface area contributed by atoms with Crippen LogP contribution in [0.25, 0.3) is 0 Å². The number of hydrogen-bond acceptors (Lipinski definition) is 0. The van der Waals surface area contributed by atoms with E-state index in [4.69, 9.17) is 46.4 Å².